The van der Waals surface area contributed by atoms with E-state index in [0.29, 0.717) is 11.1 Å². The van der Waals surface area contributed by atoms with E-state index in [0.717, 1.165) is 0 Å². The van der Waals surface area contributed by atoms with Crippen LogP contribution in [0.5, 0.6) is 0 Å². The lowest BCUT2D eigenvalue weighted by Gasteiger charge is -2.26. The summed E-state index contributed by atoms with van der Waals surface area (Å²) in [6, 6.07) is 22.7. The summed E-state index contributed by atoms with van der Waals surface area (Å²) < 4.78 is 6.20. The lowest BCUT2D eigenvalue weighted by atomic mass is 9.75. The van der Waals surface area contributed by atoms with Gasteiger partial charge in [-0.3, -0.25) is 19.7 Å². The Hall–Kier alpha value is -3.64. The minimum Gasteiger partial charge on any atom is -0.342 e. The molecule has 1 fully saturated rings. The summed E-state index contributed by atoms with van der Waals surface area (Å²) >= 11 is 0. The Morgan fingerprint density at radius 2 is 1.20 bits per heavy atom. The number of fused-ring (bicyclic) bond motifs is 1. The summed E-state index contributed by atoms with van der Waals surface area (Å²) in [4.78, 5) is 39.1. The minimum atomic E-state index is -1.96. The Kier molecular flexibility index (Phi) is 4.11. The van der Waals surface area contributed by atoms with Crippen molar-refractivity contribution >= 4 is 11.6 Å². The van der Waals surface area contributed by atoms with Crippen molar-refractivity contribution in [3.8, 4) is 0 Å². The normalized spacial score (nSPS) is 24.2. The third-order valence-corrected chi connectivity index (χ3v) is 6.02. The smallest absolute Gasteiger partial charge is 0.253 e. The van der Waals surface area contributed by atoms with Crippen LogP contribution >= 0.6 is 0 Å². The molecular formula is C24H17NO5. The van der Waals surface area contributed by atoms with E-state index in [4.69, 9.17) is 4.74 Å². The highest BCUT2D eigenvalue weighted by Crippen LogP contribution is 2.55. The molecule has 0 unspecified atom stereocenters. The van der Waals surface area contributed by atoms with Gasteiger partial charge in [0.2, 0.25) is 17.2 Å². The summed E-state index contributed by atoms with van der Waals surface area (Å²) in [5, 5.41) is 12.3. The van der Waals surface area contributed by atoms with Crippen LogP contribution in [0.1, 0.15) is 43.9 Å². The van der Waals surface area contributed by atoms with Crippen molar-refractivity contribution in [3.63, 3.8) is 0 Å². The highest BCUT2D eigenvalue weighted by atomic mass is 16.6. The molecule has 0 radical (unpaired) electrons. The summed E-state index contributed by atoms with van der Waals surface area (Å²) in [6.07, 6.45) is -1.03. The number of benzene rings is 3. The first-order valence-corrected chi connectivity index (χ1v) is 9.65. The van der Waals surface area contributed by atoms with Gasteiger partial charge in [0, 0.05) is 16.1 Å². The van der Waals surface area contributed by atoms with Crippen LogP contribution in [0.2, 0.25) is 0 Å². The topological polar surface area (TPSA) is 86.5 Å². The van der Waals surface area contributed by atoms with Crippen molar-refractivity contribution in [1.29, 1.82) is 0 Å². The molecule has 0 amide bonds. The van der Waals surface area contributed by atoms with Gasteiger partial charge < -0.3 is 4.74 Å². The van der Waals surface area contributed by atoms with E-state index in [1.165, 1.54) is 0 Å². The summed E-state index contributed by atoms with van der Waals surface area (Å²) in [5.41, 5.74) is -0.359. The number of hydrogen-bond acceptors (Lipinski definition) is 5. The van der Waals surface area contributed by atoms with Gasteiger partial charge in [0.15, 0.2) is 6.10 Å². The minimum absolute atomic E-state index is 0.249. The van der Waals surface area contributed by atoms with Crippen LogP contribution < -0.4 is 0 Å². The van der Waals surface area contributed by atoms with Crippen molar-refractivity contribution in [2.75, 3.05) is 0 Å². The predicted octanol–water partition coefficient (Wildman–Crippen LogP) is 4.01. The van der Waals surface area contributed by atoms with Crippen LogP contribution in [-0.2, 0) is 4.74 Å². The number of ether oxygens (including phenoxy) is 1. The van der Waals surface area contributed by atoms with Gasteiger partial charge in [-0.1, -0.05) is 84.9 Å². The van der Waals surface area contributed by atoms with Crippen LogP contribution in [0.4, 0.5) is 0 Å². The second-order valence-corrected chi connectivity index (χ2v) is 7.55. The van der Waals surface area contributed by atoms with Crippen LogP contribution in [0, 0.1) is 10.1 Å². The van der Waals surface area contributed by atoms with Crippen LogP contribution in [0.25, 0.3) is 0 Å². The Morgan fingerprint density at radius 3 is 1.70 bits per heavy atom. The van der Waals surface area contributed by atoms with E-state index in [-0.39, 0.29) is 11.1 Å². The predicted molar refractivity (Wildman–Crippen MR) is 108 cm³/mol. The molecule has 1 aliphatic heterocycles. The standard InChI is InChI=1S/C24H17NO5/c26-22-17-13-7-8-14-18(17)23(27)24(22)19(15-9-3-1-4-10-15)20(25(28)29)21(30-24)16-11-5-2-6-12-16/h1-14,19-21H/t19-,20-,21+/m1/s1. The fraction of sp³-hybridized carbons (Fsp3) is 0.167. The second-order valence-electron chi connectivity index (χ2n) is 7.55. The van der Waals surface area contributed by atoms with Gasteiger partial charge in [0.25, 0.3) is 6.04 Å². The Balaban J connectivity index is 1.77. The van der Waals surface area contributed by atoms with Crippen molar-refractivity contribution in [3.05, 3.63) is 117 Å². The number of nitro groups is 1. The van der Waals surface area contributed by atoms with Gasteiger partial charge in [-0.2, -0.15) is 0 Å². The SMILES string of the molecule is O=C1c2ccccc2C(=O)C12O[C@@H](c1ccccc1)[C@H]([N+](=O)[O-])[C@H]2c1ccccc1. The van der Waals surface area contributed by atoms with Gasteiger partial charge in [-0.15, -0.1) is 0 Å². The number of hydrogen-bond donors (Lipinski definition) is 0. The zero-order valence-corrected chi connectivity index (χ0v) is 15.8. The van der Waals surface area contributed by atoms with E-state index in [1.54, 1.807) is 84.9 Å². The molecule has 5 rings (SSSR count). The molecular weight excluding hydrogens is 382 g/mol. The van der Waals surface area contributed by atoms with Crippen LogP contribution in [0.3, 0.4) is 0 Å². The number of carbonyl (C=O) groups excluding carboxylic acids is 2. The molecule has 148 valence electrons. The lowest BCUT2D eigenvalue weighted by Crippen LogP contribution is -2.48. The molecule has 3 aromatic carbocycles. The first-order chi connectivity index (χ1) is 14.6. The largest absolute Gasteiger partial charge is 0.342 e. The van der Waals surface area contributed by atoms with Crippen molar-refractivity contribution < 1.29 is 19.2 Å². The average Bonchev–Trinajstić information content (AvgIpc) is 3.26. The number of ketones is 2. The Morgan fingerprint density at radius 1 is 0.733 bits per heavy atom. The molecule has 3 aromatic rings. The highest BCUT2D eigenvalue weighted by molar-refractivity contribution is 6.33. The van der Waals surface area contributed by atoms with Crippen molar-refractivity contribution in [2.45, 2.75) is 23.7 Å². The molecule has 6 nitrogen and oxygen atoms in total. The summed E-state index contributed by atoms with van der Waals surface area (Å²) in [6.45, 7) is 0. The molecule has 1 aliphatic carbocycles. The number of rotatable bonds is 3. The van der Waals surface area contributed by atoms with E-state index in [2.05, 4.69) is 0 Å². The summed E-state index contributed by atoms with van der Waals surface area (Å²) in [5.74, 6) is -2.07. The highest BCUT2D eigenvalue weighted by Gasteiger charge is 2.71. The number of Topliss-reactive ketones (excluding diaryl/α,β-unsaturated/α-hetero) is 2. The van der Waals surface area contributed by atoms with E-state index in [1.807, 2.05) is 0 Å². The molecule has 1 spiro atoms. The molecule has 0 saturated carbocycles. The maximum absolute atomic E-state index is 13.6. The van der Waals surface area contributed by atoms with Gasteiger partial charge >= 0.3 is 0 Å². The maximum Gasteiger partial charge on any atom is 0.253 e. The molecule has 1 saturated heterocycles. The number of nitrogens with zero attached hydrogens (tertiary/aromatic N) is 1. The van der Waals surface area contributed by atoms with E-state index >= 15 is 0 Å². The molecule has 6 heteroatoms. The maximum atomic E-state index is 13.6. The fourth-order valence-electron chi connectivity index (χ4n) is 4.76. The first kappa shape index (κ1) is 18.4. The third kappa shape index (κ3) is 2.40. The molecule has 0 N–H and O–H groups in total. The molecule has 0 aromatic heterocycles. The van der Waals surface area contributed by atoms with Gasteiger partial charge in [0.05, 0.1) is 5.92 Å². The van der Waals surface area contributed by atoms with Crippen LogP contribution in [0.15, 0.2) is 84.9 Å². The fourth-order valence-corrected chi connectivity index (χ4v) is 4.76. The average molecular weight is 399 g/mol. The van der Waals surface area contributed by atoms with Crippen LogP contribution in [-0.4, -0.2) is 28.1 Å². The molecule has 1 heterocycles. The third-order valence-electron chi connectivity index (χ3n) is 6.02. The van der Waals surface area contributed by atoms with Gasteiger partial charge in [-0.05, 0) is 11.1 Å². The lowest BCUT2D eigenvalue weighted by molar-refractivity contribution is -0.531. The van der Waals surface area contributed by atoms with E-state index < -0.39 is 40.2 Å². The Labute approximate surface area is 172 Å². The molecule has 30 heavy (non-hydrogen) atoms. The quantitative estimate of drug-likeness (QED) is 0.377. The Bertz CT molecular complexity index is 1120. The zero-order chi connectivity index (χ0) is 20.9. The number of carbonyl (C=O) groups is 2. The van der Waals surface area contributed by atoms with Crippen molar-refractivity contribution in [2.24, 2.45) is 0 Å². The molecule has 3 atom stereocenters. The first-order valence-electron chi connectivity index (χ1n) is 9.65. The van der Waals surface area contributed by atoms with Crippen molar-refractivity contribution in [1.82, 2.24) is 0 Å². The zero-order valence-electron chi connectivity index (χ0n) is 15.8. The molecule has 0 bridgehead atoms. The van der Waals surface area contributed by atoms with Gasteiger partial charge in [-0.25, -0.2) is 0 Å². The second kappa shape index (κ2) is 6.71. The van der Waals surface area contributed by atoms with E-state index in [9.17, 15) is 19.7 Å². The monoisotopic (exact) mass is 399 g/mol. The molecule has 2 aliphatic rings. The summed E-state index contributed by atoms with van der Waals surface area (Å²) in [7, 11) is 0. The van der Waals surface area contributed by atoms with Gasteiger partial charge in [0.1, 0.15) is 0 Å².